The molecule has 5 rings (SSSR count). The van der Waals surface area contributed by atoms with Crippen molar-refractivity contribution in [1.29, 1.82) is 0 Å². The van der Waals surface area contributed by atoms with Crippen LogP contribution in [-0.2, 0) is 19.4 Å². The van der Waals surface area contributed by atoms with Gasteiger partial charge in [-0.2, -0.15) is 0 Å². The van der Waals surface area contributed by atoms with Crippen molar-refractivity contribution in [2.75, 3.05) is 37.6 Å². The number of hydroxylamine groups is 1. The number of hydrogen-bond acceptors (Lipinski definition) is 7. The van der Waals surface area contributed by atoms with Gasteiger partial charge in [-0.3, -0.25) is 14.8 Å². The van der Waals surface area contributed by atoms with Gasteiger partial charge in [0.05, 0.1) is 22.0 Å². The molecule has 3 fully saturated rings. The predicted octanol–water partition coefficient (Wildman–Crippen LogP) is 1.05. The van der Waals surface area contributed by atoms with Gasteiger partial charge in [0.25, 0.3) is 0 Å². The van der Waals surface area contributed by atoms with Crippen molar-refractivity contribution < 1.29 is 23.2 Å². The van der Waals surface area contributed by atoms with E-state index in [4.69, 9.17) is 0 Å². The standard InChI is InChI=1S/C25H30N4O5S/c30-23(27-32)20-15-25(17-26-25)16-21(35(33,34)19-9-5-2-6-10-19)22(20)24(31)29-13-11-28(12-14-29)18-7-3-1-4-8-18/h1-10,20-22,26,32H,11-17H2,(H,27,30). The Hall–Kier alpha value is -2.95. The Bertz CT molecular complexity index is 1180. The van der Waals surface area contributed by atoms with Crippen LogP contribution in [0.4, 0.5) is 5.69 Å². The fraction of sp³-hybridized carbons (Fsp3) is 0.440. The number of carbonyl (C=O) groups is 2. The number of para-hydroxylation sites is 1. The summed E-state index contributed by atoms with van der Waals surface area (Å²) in [7, 11) is -3.91. The number of piperazine rings is 1. The van der Waals surface area contributed by atoms with Crippen LogP contribution in [0.25, 0.3) is 0 Å². The molecule has 1 spiro atoms. The number of carbonyl (C=O) groups excluding carboxylic acids is 2. The highest BCUT2D eigenvalue weighted by Crippen LogP contribution is 2.46. The van der Waals surface area contributed by atoms with E-state index in [1.807, 2.05) is 30.3 Å². The highest BCUT2D eigenvalue weighted by molar-refractivity contribution is 7.92. The van der Waals surface area contributed by atoms with E-state index in [1.54, 1.807) is 28.6 Å². The molecule has 1 saturated carbocycles. The van der Waals surface area contributed by atoms with Crippen molar-refractivity contribution in [2.24, 2.45) is 11.8 Å². The molecule has 0 bridgehead atoms. The highest BCUT2D eigenvalue weighted by Gasteiger charge is 2.60. The third-order valence-electron chi connectivity index (χ3n) is 7.63. The van der Waals surface area contributed by atoms with Gasteiger partial charge in [-0.05, 0) is 37.1 Å². The molecule has 2 aromatic rings. The molecule has 4 atom stereocenters. The van der Waals surface area contributed by atoms with Crippen LogP contribution in [0.2, 0.25) is 0 Å². The van der Waals surface area contributed by atoms with Crippen molar-refractivity contribution in [3.8, 4) is 0 Å². The highest BCUT2D eigenvalue weighted by atomic mass is 32.2. The zero-order chi connectivity index (χ0) is 24.6. The monoisotopic (exact) mass is 498 g/mol. The lowest BCUT2D eigenvalue weighted by molar-refractivity contribution is -0.147. The smallest absolute Gasteiger partial charge is 0.247 e. The minimum Gasteiger partial charge on any atom is -0.368 e. The van der Waals surface area contributed by atoms with Gasteiger partial charge in [0, 0.05) is 44.0 Å². The number of nitrogens with zero attached hydrogens (tertiary/aromatic N) is 2. The molecule has 9 nitrogen and oxygen atoms in total. The SMILES string of the molecule is O=C(NO)C1CC2(CN2)CC(S(=O)(=O)c2ccccc2)C1C(=O)N1CCN(c2ccccc2)CC1. The lowest BCUT2D eigenvalue weighted by atomic mass is 9.72. The molecule has 1 aliphatic carbocycles. The molecule has 2 heterocycles. The van der Waals surface area contributed by atoms with Crippen LogP contribution in [0.3, 0.4) is 0 Å². The van der Waals surface area contributed by atoms with Crippen LogP contribution in [0.1, 0.15) is 12.8 Å². The van der Waals surface area contributed by atoms with E-state index in [9.17, 15) is 23.2 Å². The zero-order valence-corrected chi connectivity index (χ0v) is 20.2. The largest absolute Gasteiger partial charge is 0.368 e. The average molecular weight is 499 g/mol. The van der Waals surface area contributed by atoms with Crippen LogP contribution in [0.15, 0.2) is 65.6 Å². The minimum atomic E-state index is -3.91. The predicted molar refractivity (Wildman–Crippen MR) is 130 cm³/mol. The lowest BCUT2D eigenvalue weighted by Crippen LogP contribution is -2.58. The van der Waals surface area contributed by atoms with Gasteiger partial charge in [0.15, 0.2) is 9.84 Å². The first-order chi connectivity index (χ1) is 16.8. The van der Waals surface area contributed by atoms with E-state index in [-0.39, 0.29) is 17.2 Å². The molecule has 35 heavy (non-hydrogen) atoms. The van der Waals surface area contributed by atoms with Crippen LogP contribution in [0.5, 0.6) is 0 Å². The first-order valence-corrected chi connectivity index (χ1v) is 13.5. The molecule has 3 aliphatic rings. The maximum Gasteiger partial charge on any atom is 0.247 e. The van der Waals surface area contributed by atoms with E-state index < -0.39 is 38.4 Å². The van der Waals surface area contributed by atoms with Gasteiger partial charge in [0.1, 0.15) is 0 Å². The Balaban J connectivity index is 1.44. The van der Waals surface area contributed by atoms with Gasteiger partial charge in [-0.25, -0.2) is 13.9 Å². The zero-order valence-electron chi connectivity index (χ0n) is 19.3. The van der Waals surface area contributed by atoms with Gasteiger partial charge < -0.3 is 15.1 Å². The van der Waals surface area contributed by atoms with Crippen LogP contribution in [0, 0.1) is 11.8 Å². The molecule has 0 radical (unpaired) electrons. The van der Waals surface area contributed by atoms with E-state index in [0.29, 0.717) is 39.1 Å². The van der Waals surface area contributed by atoms with Crippen molar-refractivity contribution in [3.63, 3.8) is 0 Å². The molecule has 3 N–H and O–H groups in total. The van der Waals surface area contributed by atoms with E-state index in [1.165, 1.54) is 12.1 Å². The first kappa shape index (κ1) is 23.8. The maximum atomic E-state index is 13.9. The van der Waals surface area contributed by atoms with Crippen molar-refractivity contribution in [1.82, 2.24) is 15.7 Å². The van der Waals surface area contributed by atoms with Gasteiger partial charge >= 0.3 is 0 Å². The third-order valence-corrected chi connectivity index (χ3v) is 9.81. The lowest BCUT2D eigenvalue weighted by Gasteiger charge is -2.43. The quantitative estimate of drug-likeness (QED) is 0.319. The Kier molecular flexibility index (Phi) is 6.29. The Morgan fingerprint density at radius 3 is 2.11 bits per heavy atom. The Morgan fingerprint density at radius 2 is 1.54 bits per heavy atom. The van der Waals surface area contributed by atoms with Crippen LogP contribution in [-0.4, -0.2) is 73.9 Å². The summed E-state index contributed by atoms with van der Waals surface area (Å²) in [6, 6.07) is 18.0. The normalized spacial score (nSPS) is 28.5. The molecule has 2 amide bonds. The number of hydrogen-bond donors (Lipinski definition) is 3. The minimum absolute atomic E-state index is 0.137. The number of amides is 2. The molecule has 2 aliphatic heterocycles. The van der Waals surface area contributed by atoms with Crippen molar-refractivity contribution in [2.45, 2.75) is 28.5 Å². The summed E-state index contributed by atoms with van der Waals surface area (Å²) < 4.78 is 27.6. The fourth-order valence-corrected chi connectivity index (χ4v) is 7.72. The molecular weight excluding hydrogens is 468 g/mol. The second kappa shape index (κ2) is 9.25. The van der Waals surface area contributed by atoms with Crippen LogP contribution >= 0.6 is 0 Å². The summed E-state index contributed by atoms with van der Waals surface area (Å²) in [5.41, 5.74) is 2.25. The molecular formula is C25H30N4O5S. The maximum absolute atomic E-state index is 13.9. The number of nitrogens with one attached hydrogen (secondary N) is 2. The van der Waals surface area contributed by atoms with Crippen molar-refractivity contribution >= 4 is 27.3 Å². The number of anilines is 1. The fourth-order valence-electron chi connectivity index (χ4n) is 5.61. The summed E-state index contributed by atoms with van der Waals surface area (Å²) in [5.74, 6) is -3.09. The van der Waals surface area contributed by atoms with E-state index in [0.717, 1.165) is 5.69 Å². The summed E-state index contributed by atoms with van der Waals surface area (Å²) in [6.45, 7) is 2.67. The molecule has 0 aromatic heterocycles. The molecule has 4 unspecified atom stereocenters. The summed E-state index contributed by atoms with van der Waals surface area (Å²) >= 11 is 0. The van der Waals surface area contributed by atoms with Gasteiger partial charge in [-0.15, -0.1) is 0 Å². The second-order valence-corrected chi connectivity index (χ2v) is 11.9. The van der Waals surface area contributed by atoms with Crippen LogP contribution < -0.4 is 15.7 Å². The van der Waals surface area contributed by atoms with E-state index >= 15 is 0 Å². The Morgan fingerprint density at radius 1 is 0.943 bits per heavy atom. The number of sulfone groups is 1. The van der Waals surface area contributed by atoms with Gasteiger partial charge in [0.2, 0.25) is 11.8 Å². The molecule has 186 valence electrons. The Labute approximate surface area is 205 Å². The first-order valence-electron chi connectivity index (χ1n) is 11.9. The number of benzene rings is 2. The summed E-state index contributed by atoms with van der Waals surface area (Å²) in [6.07, 6.45) is 0.556. The summed E-state index contributed by atoms with van der Waals surface area (Å²) in [4.78, 5) is 30.7. The molecule has 10 heteroatoms. The van der Waals surface area contributed by atoms with Crippen molar-refractivity contribution in [3.05, 3.63) is 60.7 Å². The third kappa shape index (κ3) is 4.53. The molecule has 2 aromatic carbocycles. The van der Waals surface area contributed by atoms with E-state index in [2.05, 4.69) is 10.2 Å². The molecule has 2 saturated heterocycles. The second-order valence-electron chi connectivity index (χ2n) is 9.69. The topological polar surface area (TPSA) is 129 Å². The summed E-state index contributed by atoms with van der Waals surface area (Å²) in [5, 5.41) is 11.6. The number of rotatable bonds is 5. The van der Waals surface area contributed by atoms with Gasteiger partial charge in [-0.1, -0.05) is 36.4 Å². The average Bonchev–Trinajstić information content (AvgIpc) is 3.66.